The van der Waals surface area contributed by atoms with Gasteiger partial charge < -0.3 is 29.6 Å². The monoisotopic (exact) mass is 371 g/mol. The molecule has 2 aromatic rings. The summed E-state index contributed by atoms with van der Waals surface area (Å²) in [4.78, 5) is 4.27. The van der Waals surface area contributed by atoms with E-state index in [2.05, 4.69) is 15.6 Å². The van der Waals surface area contributed by atoms with Gasteiger partial charge in [0.05, 0.1) is 27.4 Å². The van der Waals surface area contributed by atoms with Crippen molar-refractivity contribution < 1.29 is 18.9 Å². The first-order valence-corrected chi connectivity index (χ1v) is 8.81. The van der Waals surface area contributed by atoms with E-state index in [0.717, 1.165) is 29.2 Å². The Labute approximate surface area is 159 Å². The van der Waals surface area contributed by atoms with E-state index in [1.807, 2.05) is 36.4 Å². The van der Waals surface area contributed by atoms with Crippen molar-refractivity contribution in [3.05, 3.63) is 42.0 Å². The first-order chi connectivity index (χ1) is 13.2. The molecule has 0 fully saturated rings. The molecule has 0 saturated heterocycles. The van der Waals surface area contributed by atoms with Crippen LogP contribution in [0.25, 0.3) is 0 Å². The van der Waals surface area contributed by atoms with Crippen LogP contribution in [0.3, 0.4) is 0 Å². The second kappa shape index (κ2) is 9.02. The molecule has 0 spiro atoms. The fourth-order valence-electron chi connectivity index (χ4n) is 2.73. The molecule has 0 aliphatic carbocycles. The van der Waals surface area contributed by atoms with Gasteiger partial charge in [0, 0.05) is 31.8 Å². The molecule has 0 aromatic heterocycles. The molecule has 1 aliphatic heterocycles. The lowest BCUT2D eigenvalue weighted by molar-refractivity contribution is 0.297. The fourth-order valence-corrected chi connectivity index (χ4v) is 2.73. The Morgan fingerprint density at radius 3 is 2.52 bits per heavy atom. The average molecular weight is 371 g/mol. The van der Waals surface area contributed by atoms with E-state index in [0.29, 0.717) is 37.2 Å². The van der Waals surface area contributed by atoms with Gasteiger partial charge >= 0.3 is 0 Å². The largest absolute Gasteiger partial charge is 0.493 e. The van der Waals surface area contributed by atoms with E-state index >= 15 is 0 Å². The van der Waals surface area contributed by atoms with Gasteiger partial charge in [-0.15, -0.1) is 0 Å². The number of rotatable bonds is 5. The molecule has 3 rings (SSSR count). The van der Waals surface area contributed by atoms with Crippen molar-refractivity contribution in [1.29, 1.82) is 0 Å². The highest BCUT2D eigenvalue weighted by atomic mass is 16.5. The maximum Gasteiger partial charge on any atom is 0.195 e. The van der Waals surface area contributed by atoms with Crippen LogP contribution < -0.4 is 29.6 Å². The van der Waals surface area contributed by atoms with Crippen molar-refractivity contribution >= 4 is 11.6 Å². The molecule has 7 nitrogen and oxygen atoms in total. The number of benzene rings is 2. The van der Waals surface area contributed by atoms with Crippen LogP contribution in [-0.4, -0.2) is 40.4 Å². The number of fused-ring (bicyclic) bond motifs is 1. The maximum absolute atomic E-state index is 5.73. The second-order valence-electron chi connectivity index (χ2n) is 5.95. The average Bonchev–Trinajstić information content (AvgIpc) is 2.95. The van der Waals surface area contributed by atoms with E-state index in [1.54, 1.807) is 21.3 Å². The van der Waals surface area contributed by atoms with Crippen molar-refractivity contribution in [2.45, 2.75) is 13.0 Å². The summed E-state index contributed by atoms with van der Waals surface area (Å²) < 4.78 is 22.0. The van der Waals surface area contributed by atoms with Gasteiger partial charge in [0.15, 0.2) is 29.0 Å². The number of methoxy groups -OCH3 is 2. The van der Waals surface area contributed by atoms with Gasteiger partial charge in [0.1, 0.15) is 0 Å². The van der Waals surface area contributed by atoms with E-state index in [-0.39, 0.29) is 0 Å². The number of aliphatic imine (C=N–C) groups is 1. The van der Waals surface area contributed by atoms with E-state index in [1.165, 1.54) is 0 Å². The number of nitrogens with zero attached hydrogens (tertiary/aromatic N) is 1. The molecule has 7 heteroatoms. The first kappa shape index (κ1) is 18.7. The van der Waals surface area contributed by atoms with Crippen molar-refractivity contribution in [2.75, 3.05) is 39.8 Å². The fraction of sp³-hybridized carbons (Fsp3) is 0.350. The third kappa shape index (κ3) is 4.75. The lowest BCUT2D eigenvalue weighted by Crippen LogP contribution is -2.30. The number of anilines is 1. The highest BCUT2D eigenvalue weighted by Gasteiger charge is 2.11. The van der Waals surface area contributed by atoms with E-state index < -0.39 is 0 Å². The van der Waals surface area contributed by atoms with E-state index in [9.17, 15) is 0 Å². The molecule has 0 bridgehead atoms. The Morgan fingerprint density at radius 1 is 1.00 bits per heavy atom. The number of nitrogens with one attached hydrogen (secondary N) is 2. The molecule has 1 heterocycles. The summed E-state index contributed by atoms with van der Waals surface area (Å²) in [6, 6.07) is 11.6. The van der Waals surface area contributed by atoms with Gasteiger partial charge in [-0.1, -0.05) is 6.07 Å². The molecular weight excluding hydrogens is 346 g/mol. The molecule has 0 unspecified atom stereocenters. The first-order valence-electron chi connectivity index (χ1n) is 8.81. The zero-order valence-electron chi connectivity index (χ0n) is 15.9. The normalized spacial score (nSPS) is 13.5. The highest BCUT2D eigenvalue weighted by Crippen LogP contribution is 2.32. The lowest BCUT2D eigenvalue weighted by atomic mass is 10.2. The van der Waals surface area contributed by atoms with Crippen molar-refractivity contribution in [1.82, 2.24) is 5.32 Å². The van der Waals surface area contributed by atoms with Gasteiger partial charge in [0.25, 0.3) is 0 Å². The van der Waals surface area contributed by atoms with Crippen LogP contribution in [-0.2, 0) is 6.54 Å². The molecule has 2 N–H and O–H groups in total. The minimum atomic E-state index is 0.588. The smallest absolute Gasteiger partial charge is 0.195 e. The number of hydrogen-bond donors (Lipinski definition) is 2. The minimum absolute atomic E-state index is 0.588. The Hall–Kier alpha value is -3.09. The Morgan fingerprint density at radius 2 is 1.78 bits per heavy atom. The van der Waals surface area contributed by atoms with E-state index in [4.69, 9.17) is 18.9 Å². The van der Waals surface area contributed by atoms with Gasteiger partial charge in [-0.25, -0.2) is 0 Å². The summed E-state index contributed by atoms with van der Waals surface area (Å²) in [5.41, 5.74) is 1.92. The summed E-state index contributed by atoms with van der Waals surface area (Å²) in [5.74, 6) is 3.57. The molecule has 27 heavy (non-hydrogen) atoms. The Kier molecular flexibility index (Phi) is 6.25. The van der Waals surface area contributed by atoms with Crippen LogP contribution in [0.2, 0.25) is 0 Å². The quantitative estimate of drug-likeness (QED) is 0.622. The molecule has 0 amide bonds. The molecule has 0 atom stereocenters. The molecule has 144 valence electrons. The summed E-state index contributed by atoms with van der Waals surface area (Å²) in [5, 5.41) is 6.55. The summed E-state index contributed by atoms with van der Waals surface area (Å²) in [7, 11) is 4.98. The van der Waals surface area contributed by atoms with Gasteiger partial charge in [-0.2, -0.15) is 0 Å². The summed E-state index contributed by atoms with van der Waals surface area (Å²) in [6.45, 7) is 1.92. The molecular formula is C20H25N3O4. The predicted octanol–water partition coefficient (Wildman–Crippen LogP) is 3.05. The van der Waals surface area contributed by atoms with Gasteiger partial charge in [-0.3, -0.25) is 4.99 Å². The van der Waals surface area contributed by atoms with Crippen LogP contribution in [0.1, 0.15) is 12.0 Å². The van der Waals surface area contributed by atoms with Crippen molar-refractivity contribution in [3.8, 4) is 23.0 Å². The SMILES string of the molecule is CN=C(NCc1ccc(OC)c(OC)c1)Nc1ccc2c(c1)OCCCO2. The molecule has 1 aliphatic rings. The third-order valence-corrected chi connectivity index (χ3v) is 4.14. The maximum atomic E-state index is 5.73. The van der Waals surface area contributed by atoms with Crippen molar-refractivity contribution in [3.63, 3.8) is 0 Å². The highest BCUT2D eigenvalue weighted by molar-refractivity contribution is 5.93. The number of hydrogen-bond acceptors (Lipinski definition) is 5. The topological polar surface area (TPSA) is 73.3 Å². The Balaban J connectivity index is 1.64. The second-order valence-corrected chi connectivity index (χ2v) is 5.95. The van der Waals surface area contributed by atoms with Gasteiger partial charge in [-0.05, 0) is 29.8 Å². The molecule has 0 radical (unpaired) electrons. The van der Waals surface area contributed by atoms with Crippen LogP contribution in [0.15, 0.2) is 41.4 Å². The predicted molar refractivity (Wildman–Crippen MR) is 105 cm³/mol. The van der Waals surface area contributed by atoms with Gasteiger partial charge in [0.2, 0.25) is 0 Å². The van der Waals surface area contributed by atoms with Crippen molar-refractivity contribution in [2.24, 2.45) is 4.99 Å². The van der Waals surface area contributed by atoms with Crippen LogP contribution >= 0.6 is 0 Å². The third-order valence-electron chi connectivity index (χ3n) is 4.14. The number of ether oxygens (including phenoxy) is 4. The standard InChI is InChI=1S/C20H25N3O4/c1-21-20(22-13-14-5-7-16(24-2)18(11-14)25-3)23-15-6-8-17-19(12-15)27-10-4-9-26-17/h5-8,11-12H,4,9-10,13H2,1-3H3,(H2,21,22,23). The Bertz CT molecular complexity index is 808. The van der Waals surface area contributed by atoms with Crippen LogP contribution in [0.5, 0.6) is 23.0 Å². The van der Waals surface area contributed by atoms with Crippen LogP contribution in [0, 0.1) is 0 Å². The lowest BCUT2D eigenvalue weighted by Gasteiger charge is -2.15. The van der Waals surface area contributed by atoms with Crippen LogP contribution in [0.4, 0.5) is 5.69 Å². The zero-order valence-corrected chi connectivity index (χ0v) is 15.9. The molecule has 0 saturated carbocycles. The summed E-state index contributed by atoms with van der Waals surface area (Å²) in [6.07, 6.45) is 0.881. The zero-order chi connectivity index (χ0) is 19.1. The summed E-state index contributed by atoms with van der Waals surface area (Å²) >= 11 is 0. The minimum Gasteiger partial charge on any atom is -0.493 e. The molecule has 2 aromatic carbocycles. The number of guanidine groups is 1.